The monoisotopic (exact) mass is 410 g/mol. The highest BCUT2D eigenvalue weighted by Gasteiger charge is 2.40. The third-order valence-electron chi connectivity index (χ3n) is 6.48. The molecule has 2 N–H and O–H groups in total. The Labute approximate surface area is 177 Å². The molecule has 0 spiro atoms. The molecule has 160 valence electrons. The van der Waals surface area contributed by atoms with Crippen LogP contribution >= 0.6 is 0 Å². The van der Waals surface area contributed by atoms with Crippen LogP contribution in [0.1, 0.15) is 57.6 Å². The molecule has 7 heteroatoms. The highest BCUT2D eigenvalue weighted by Crippen LogP contribution is 2.47. The van der Waals surface area contributed by atoms with Crippen molar-refractivity contribution in [1.82, 2.24) is 15.5 Å². The van der Waals surface area contributed by atoms with Crippen LogP contribution in [0.25, 0.3) is 0 Å². The Hall–Kier alpha value is -2.67. The minimum Gasteiger partial charge on any atom is -0.327 e. The number of nitrogens with zero attached hydrogens (tertiary/aromatic N) is 2. The molecule has 1 aromatic rings. The summed E-state index contributed by atoms with van der Waals surface area (Å²) >= 11 is 0. The van der Waals surface area contributed by atoms with Crippen LogP contribution in [0.15, 0.2) is 47.2 Å². The van der Waals surface area contributed by atoms with Crippen LogP contribution in [0, 0.1) is 15.5 Å². The molecule has 0 aromatic heterocycles. The first-order chi connectivity index (χ1) is 14.3. The minimum atomic E-state index is -0.405. The molecule has 1 aliphatic carbocycles. The normalized spacial score (nSPS) is 23.9. The predicted octanol–water partition coefficient (Wildman–Crippen LogP) is 4.44. The second-order valence-electron chi connectivity index (χ2n) is 9.22. The van der Waals surface area contributed by atoms with Gasteiger partial charge in [0.15, 0.2) is 0 Å². The zero-order valence-electron chi connectivity index (χ0n) is 17.7. The van der Waals surface area contributed by atoms with E-state index >= 15 is 0 Å². The van der Waals surface area contributed by atoms with Gasteiger partial charge in [-0.2, -0.15) is 0 Å². The van der Waals surface area contributed by atoms with Crippen molar-refractivity contribution in [1.29, 1.82) is 0 Å². The molecule has 2 aliphatic heterocycles. The van der Waals surface area contributed by atoms with Gasteiger partial charge in [-0.05, 0) is 73.5 Å². The average molecular weight is 411 g/mol. The lowest BCUT2D eigenvalue weighted by Crippen LogP contribution is -2.47. The Morgan fingerprint density at radius 3 is 2.53 bits per heavy atom. The van der Waals surface area contributed by atoms with E-state index in [1.807, 2.05) is 0 Å². The summed E-state index contributed by atoms with van der Waals surface area (Å²) in [6, 6.07) is 5.96. The van der Waals surface area contributed by atoms with Gasteiger partial charge in [-0.25, -0.2) is 4.79 Å². The molecule has 1 saturated heterocycles. The lowest BCUT2D eigenvalue weighted by Gasteiger charge is -2.42. The van der Waals surface area contributed by atoms with E-state index in [4.69, 9.17) is 0 Å². The molecular weight excluding hydrogens is 380 g/mol. The van der Waals surface area contributed by atoms with Crippen molar-refractivity contribution in [2.24, 2.45) is 5.41 Å². The number of carbonyl (C=O) groups excluding carboxylic acids is 1. The molecule has 30 heavy (non-hydrogen) atoms. The SMILES string of the molecule is CC1(C)CC(CCN2CCCCC2)=CC2=C1C(c1ccc([N+](=O)[O-])cc1)NC(=O)N2. The molecule has 1 fully saturated rings. The second-order valence-corrected chi connectivity index (χ2v) is 9.22. The van der Waals surface area contributed by atoms with E-state index < -0.39 is 4.92 Å². The van der Waals surface area contributed by atoms with E-state index in [2.05, 4.69) is 35.5 Å². The van der Waals surface area contributed by atoms with E-state index in [9.17, 15) is 14.9 Å². The van der Waals surface area contributed by atoms with Gasteiger partial charge in [0.25, 0.3) is 5.69 Å². The molecule has 1 unspecified atom stereocenters. The standard InChI is InChI=1S/C23H30N4O3/c1-23(2)15-16(10-13-26-11-4-3-5-12-26)14-19-20(23)21(25-22(28)24-19)17-6-8-18(9-7-17)27(29)30/h6-9,14,21H,3-5,10-13,15H2,1-2H3,(H2,24,25,28). The van der Waals surface area contributed by atoms with Gasteiger partial charge in [-0.1, -0.05) is 25.8 Å². The summed E-state index contributed by atoms with van der Waals surface area (Å²) in [5, 5.41) is 17.0. The molecule has 1 atom stereocenters. The maximum Gasteiger partial charge on any atom is 0.319 e. The van der Waals surface area contributed by atoms with Crippen LogP contribution < -0.4 is 10.6 Å². The molecule has 2 amide bonds. The van der Waals surface area contributed by atoms with Gasteiger partial charge in [0.1, 0.15) is 0 Å². The lowest BCUT2D eigenvalue weighted by molar-refractivity contribution is -0.384. The third kappa shape index (κ3) is 4.26. The molecule has 4 rings (SSSR count). The van der Waals surface area contributed by atoms with Crippen LogP contribution in [-0.2, 0) is 0 Å². The number of urea groups is 1. The molecule has 0 bridgehead atoms. The minimum absolute atomic E-state index is 0.0519. The highest BCUT2D eigenvalue weighted by molar-refractivity contribution is 5.80. The molecule has 3 aliphatic rings. The van der Waals surface area contributed by atoms with Crippen molar-refractivity contribution < 1.29 is 9.72 Å². The quantitative estimate of drug-likeness (QED) is 0.555. The van der Waals surface area contributed by atoms with Crippen LogP contribution in [0.2, 0.25) is 0 Å². The number of nitro groups is 1. The number of benzene rings is 1. The number of piperidine rings is 1. The van der Waals surface area contributed by atoms with Gasteiger partial charge in [0, 0.05) is 24.4 Å². The van der Waals surface area contributed by atoms with Gasteiger partial charge >= 0.3 is 6.03 Å². The molecule has 1 aromatic carbocycles. The van der Waals surface area contributed by atoms with E-state index in [-0.39, 0.29) is 23.2 Å². The number of rotatable bonds is 5. The number of hydrogen-bond donors (Lipinski definition) is 2. The molecule has 2 heterocycles. The maximum absolute atomic E-state index is 12.4. The number of non-ortho nitro benzene ring substituents is 1. The van der Waals surface area contributed by atoms with Crippen LogP contribution in [-0.4, -0.2) is 35.5 Å². The summed E-state index contributed by atoms with van der Waals surface area (Å²) in [6.07, 6.45) is 8.04. The number of nitrogens with one attached hydrogen (secondary N) is 2. The lowest BCUT2D eigenvalue weighted by atomic mass is 9.69. The van der Waals surface area contributed by atoms with Crippen LogP contribution in [0.5, 0.6) is 0 Å². The molecule has 7 nitrogen and oxygen atoms in total. The topological polar surface area (TPSA) is 87.5 Å². The zero-order chi connectivity index (χ0) is 21.3. The van der Waals surface area contributed by atoms with Crippen molar-refractivity contribution in [2.45, 2.75) is 52.0 Å². The van der Waals surface area contributed by atoms with Crippen molar-refractivity contribution in [3.8, 4) is 0 Å². The van der Waals surface area contributed by atoms with E-state index in [1.165, 1.54) is 50.1 Å². The van der Waals surface area contributed by atoms with Gasteiger partial charge in [0.2, 0.25) is 0 Å². The number of hydrogen-bond acceptors (Lipinski definition) is 4. The number of allylic oxidation sites excluding steroid dienone is 1. The first kappa shape index (κ1) is 20.6. The average Bonchev–Trinajstić information content (AvgIpc) is 2.71. The predicted molar refractivity (Wildman–Crippen MR) is 116 cm³/mol. The Bertz CT molecular complexity index is 896. The summed E-state index contributed by atoms with van der Waals surface area (Å²) in [6.45, 7) is 7.88. The maximum atomic E-state index is 12.4. The fourth-order valence-electron chi connectivity index (χ4n) is 5.06. The van der Waals surface area contributed by atoms with E-state index in [1.54, 1.807) is 12.1 Å². The van der Waals surface area contributed by atoms with Crippen LogP contribution in [0.4, 0.5) is 10.5 Å². The van der Waals surface area contributed by atoms with Crippen molar-refractivity contribution >= 4 is 11.7 Å². The Kier molecular flexibility index (Phi) is 5.64. The van der Waals surface area contributed by atoms with Crippen LogP contribution in [0.3, 0.4) is 0 Å². The zero-order valence-corrected chi connectivity index (χ0v) is 17.7. The van der Waals surface area contributed by atoms with Gasteiger partial charge in [-0.3, -0.25) is 10.1 Å². The smallest absolute Gasteiger partial charge is 0.319 e. The Morgan fingerprint density at radius 1 is 1.17 bits per heavy atom. The number of likely N-dealkylation sites (tertiary alicyclic amines) is 1. The van der Waals surface area contributed by atoms with E-state index in [0.717, 1.165) is 36.2 Å². The van der Waals surface area contributed by atoms with Crippen molar-refractivity contribution in [3.05, 3.63) is 62.9 Å². The first-order valence-corrected chi connectivity index (χ1v) is 10.8. The van der Waals surface area contributed by atoms with Crippen molar-refractivity contribution in [3.63, 3.8) is 0 Å². The number of amides is 2. The van der Waals surface area contributed by atoms with Gasteiger partial charge < -0.3 is 15.5 Å². The largest absolute Gasteiger partial charge is 0.327 e. The molecule has 0 radical (unpaired) electrons. The highest BCUT2D eigenvalue weighted by atomic mass is 16.6. The van der Waals surface area contributed by atoms with Gasteiger partial charge in [-0.15, -0.1) is 0 Å². The number of nitro benzene ring substituents is 1. The van der Waals surface area contributed by atoms with Crippen molar-refractivity contribution in [2.75, 3.05) is 19.6 Å². The molecule has 0 saturated carbocycles. The fourth-order valence-corrected chi connectivity index (χ4v) is 5.06. The van der Waals surface area contributed by atoms with E-state index in [0.29, 0.717) is 0 Å². The second kappa shape index (κ2) is 8.22. The summed E-state index contributed by atoms with van der Waals surface area (Å²) in [5.41, 5.74) is 4.17. The molecular formula is C23H30N4O3. The first-order valence-electron chi connectivity index (χ1n) is 10.8. The summed E-state index contributed by atoms with van der Waals surface area (Å²) in [5.74, 6) is 0. The Balaban J connectivity index is 1.60. The fraction of sp³-hybridized carbons (Fsp3) is 0.522. The number of carbonyl (C=O) groups is 1. The third-order valence-corrected chi connectivity index (χ3v) is 6.48. The Morgan fingerprint density at radius 2 is 1.87 bits per heavy atom. The summed E-state index contributed by atoms with van der Waals surface area (Å²) < 4.78 is 0. The summed E-state index contributed by atoms with van der Waals surface area (Å²) in [4.78, 5) is 25.5. The van der Waals surface area contributed by atoms with Gasteiger partial charge in [0.05, 0.1) is 11.0 Å². The summed E-state index contributed by atoms with van der Waals surface area (Å²) in [7, 11) is 0.